The van der Waals surface area contributed by atoms with Crippen LogP contribution in [0, 0.1) is 6.92 Å². The number of hydrogen-bond acceptors (Lipinski definition) is 0. The summed E-state index contributed by atoms with van der Waals surface area (Å²) in [5.41, 5.74) is 8.20. The van der Waals surface area contributed by atoms with Crippen LogP contribution < -0.4 is 0 Å². The third-order valence-corrected chi connectivity index (χ3v) is 9.08. The molecule has 0 spiro atoms. The van der Waals surface area contributed by atoms with Gasteiger partial charge in [-0.25, -0.2) is 0 Å². The first-order valence-corrected chi connectivity index (χ1v) is 10.1. The highest BCUT2D eigenvalue weighted by atomic mass is 28.3. The van der Waals surface area contributed by atoms with Crippen LogP contribution in [0.3, 0.4) is 0 Å². The Kier molecular flexibility index (Phi) is 1.97. The van der Waals surface area contributed by atoms with Crippen LogP contribution in [-0.4, -0.2) is 12.6 Å². The molecule has 1 aliphatic carbocycles. The lowest BCUT2D eigenvalue weighted by Crippen LogP contribution is -2.42. The molecule has 1 unspecified atom stereocenters. The quantitative estimate of drug-likeness (QED) is 0.671. The number of benzene rings is 1. The van der Waals surface area contributed by atoms with Crippen molar-refractivity contribution in [1.82, 2.24) is 4.57 Å². The predicted octanol–water partition coefficient (Wildman–Crippen LogP) is 4.46. The molecule has 2 aromatic rings. The molecule has 0 saturated heterocycles. The molecular formula is C17H19NSi. The van der Waals surface area contributed by atoms with Crippen molar-refractivity contribution in [3.8, 4) is 5.69 Å². The zero-order chi connectivity index (χ0) is 13.4. The fourth-order valence-corrected chi connectivity index (χ4v) is 8.74. The third-order valence-electron chi connectivity index (χ3n) is 4.97. The molecule has 1 aromatic carbocycles. The Morgan fingerprint density at radius 1 is 1.05 bits per heavy atom. The SMILES string of the molecule is CC1=C2c3cc(C)n(-c4ccccc4)c3C1[Si]2(C)C. The van der Waals surface area contributed by atoms with Crippen LogP contribution in [-0.2, 0) is 0 Å². The summed E-state index contributed by atoms with van der Waals surface area (Å²) >= 11 is 0. The number of aromatic nitrogens is 1. The van der Waals surface area contributed by atoms with Gasteiger partial charge in [-0.1, -0.05) is 42.1 Å². The lowest BCUT2D eigenvalue weighted by atomic mass is 10.2. The van der Waals surface area contributed by atoms with E-state index in [-0.39, 0.29) is 0 Å². The highest BCUT2D eigenvalue weighted by molar-refractivity contribution is 7.01. The van der Waals surface area contributed by atoms with Gasteiger partial charge in [-0.05, 0) is 37.6 Å². The summed E-state index contributed by atoms with van der Waals surface area (Å²) in [5, 5.41) is 1.73. The Labute approximate surface area is 115 Å². The molecule has 0 fully saturated rings. The van der Waals surface area contributed by atoms with Crippen LogP contribution in [0.2, 0.25) is 13.1 Å². The Balaban J connectivity index is 1.98. The van der Waals surface area contributed by atoms with Crippen LogP contribution in [0.4, 0.5) is 0 Å². The number of allylic oxidation sites excluding steroid dienone is 1. The molecule has 0 N–H and O–H groups in total. The van der Waals surface area contributed by atoms with Gasteiger partial charge in [0.05, 0.1) is 8.07 Å². The van der Waals surface area contributed by atoms with Crippen LogP contribution in [0.5, 0.6) is 0 Å². The molecule has 2 aliphatic heterocycles. The van der Waals surface area contributed by atoms with Gasteiger partial charge in [-0.2, -0.15) is 0 Å². The van der Waals surface area contributed by atoms with E-state index in [1.807, 2.05) is 0 Å². The van der Waals surface area contributed by atoms with Crippen LogP contribution >= 0.6 is 0 Å². The maximum absolute atomic E-state index is 2.52. The Morgan fingerprint density at radius 3 is 2.37 bits per heavy atom. The van der Waals surface area contributed by atoms with Crippen molar-refractivity contribution in [3.05, 3.63) is 58.9 Å². The summed E-state index contributed by atoms with van der Waals surface area (Å²) in [6.45, 7) is 9.60. The minimum Gasteiger partial charge on any atom is -0.317 e. The summed E-state index contributed by atoms with van der Waals surface area (Å²) in [6, 6.07) is 13.2. The van der Waals surface area contributed by atoms with E-state index in [1.165, 1.54) is 11.4 Å². The van der Waals surface area contributed by atoms with E-state index in [1.54, 1.807) is 22.0 Å². The van der Waals surface area contributed by atoms with Crippen molar-refractivity contribution in [2.24, 2.45) is 0 Å². The molecule has 3 heterocycles. The number of nitrogens with zero attached hydrogens (tertiary/aromatic N) is 1. The van der Waals surface area contributed by atoms with Gasteiger partial charge in [-0.15, -0.1) is 0 Å². The molecule has 2 heteroatoms. The molecule has 0 radical (unpaired) electrons. The van der Waals surface area contributed by atoms with Crippen molar-refractivity contribution in [2.45, 2.75) is 32.5 Å². The Hall–Kier alpha value is -1.54. The molecule has 19 heavy (non-hydrogen) atoms. The first kappa shape index (κ1) is 11.3. The maximum Gasteiger partial charge on any atom is 0.0950 e. The standard InChI is InChI=1S/C17H19NSi/c1-11-10-14-15(17-12(2)16(14)19(17,3)4)18(11)13-8-6-5-7-9-13/h5-10,17H,1-4H3. The first-order valence-electron chi connectivity index (χ1n) is 7.02. The molecular weight excluding hydrogens is 246 g/mol. The molecule has 5 rings (SSSR count). The first-order chi connectivity index (χ1) is 9.03. The van der Waals surface area contributed by atoms with Gasteiger partial charge < -0.3 is 4.57 Å². The van der Waals surface area contributed by atoms with Crippen molar-refractivity contribution < 1.29 is 0 Å². The van der Waals surface area contributed by atoms with Gasteiger partial charge in [-0.3, -0.25) is 0 Å². The molecule has 1 aromatic heterocycles. The van der Waals surface area contributed by atoms with E-state index in [0.717, 1.165) is 5.54 Å². The molecule has 1 nitrogen and oxygen atoms in total. The fraction of sp³-hybridized carbons (Fsp3) is 0.294. The van der Waals surface area contributed by atoms with Gasteiger partial charge in [0.15, 0.2) is 0 Å². The summed E-state index contributed by atoms with van der Waals surface area (Å²) in [5.74, 6) is 0. The van der Waals surface area contributed by atoms with Crippen molar-refractivity contribution >= 4 is 13.3 Å². The van der Waals surface area contributed by atoms with E-state index in [9.17, 15) is 0 Å². The zero-order valence-electron chi connectivity index (χ0n) is 12.0. The predicted molar refractivity (Wildman–Crippen MR) is 83.3 cm³/mol. The van der Waals surface area contributed by atoms with Crippen LogP contribution in [0.1, 0.15) is 29.4 Å². The second-order valence-corrected chi connectivity index (χ2v) is 11.0. The third kappa shape index (κ3) is 1.16. The molecule has 0 saturated carbocycles. The highest BCUT2D eigenvalue weighted by Crippen LogP contribution is 2.62. The number of hydrogen-bond donors (Lipinski definition) is 0. The Bertz CT molecular complexity index is 719. The van der Waals surface area contributed by atoms with Crippen LogP contribution in [0.15, 0.2) is 42.0 Å². The second kappa shape index (κ2) is 3.31. The van der Waals surface area contributed by atoms with Gasteiger partial charge in [0.2, 0.25) is 0 Å². The average molecular weight is 265 g/mol. The molecule has 0 amide bonds. The molecule has 96 valence electrons. The van der Waals surface area contributed by atoms with E-state index in [0.29, 0.717) is 0 Å². The normalized spacial score (nSPS) is 22.4. The largest absolute Gasteiger partial charge is 0.317 e. The van der Waals surface area contributed by atoms with Crippen molar-refractivity contribution in [2.75, 3.05) is 0 Å². The van der Waals surface area contributed by atoms with Gasteiger partial charge >= 0.3 is 0 Å². The smallest absolute Gasteiger partial charge is 0.0950 e. The van der Waals surface area contributed by atoms with E-state index >= 15 is 0 Å². The lowest BCUT2D eigenvalue weighted by molar-refractivity contribution is 0.888. The minimum absolute atomic E-state index is 0.742. The fourth-order valence-electron chi connectivity index (χ4n) is 4.43. The summed E-state index contributed by atoms with van der Waals surface area (Å²) in [7, 11) is -1.19. The van der Waals surface area contributed by atoms with Gasteiger partial charge in [0, 0.05) is 22.6 Å². The lowest BCUT2D eigenvalue weighted by Gasteiger charge is -2.39. The van der Waals surface area contributed by atoms with Crippen LogP contribution in [0.25, 0.3) is 10.9 Å². The molecule has 1 atom stereocenters. The summed E-state index contributed by atoms with van der Waals surface area (Å²) in [6.07, 6.45) is 0. The van der Waals surface area contributed by atoms with Gasteiger partial charge in [0.1, 0.15) is 0 Å². The Morgan fingerprint density at radius 2 is 1.74 bits per heavy atom. The van der Waals surface area contributed by atoms with E-state index in [2.05, 4.69) is 67.9 Å². The number of aryl methyl sites for hydroxylation is 1. The topological polar surface area (TPSA) is 4.93 Å². The van der Waals surface area contributed by atoms with Crippen molar-refractivity contribution in [3.63, 3.8) is 0 Å². The highest BCUT2D eigenvalue weighted by Gasteiger charge is 2.56. The van der Waals surface area contributed by atoms with E-state index < -0.39 is 8.07 Å². The number of rotatable bonds is 1. The second-order valence-electron chi connectivity index (χ2n) is 6.47. The van der Waals surface area contributed by atoms with E-state index in [4.69, 9.17) is 0 Å². The van der Waals surface area contributed by atoms with Gasteiger partial charge in [0.25, 0.3) is 0 Å². The zero-order valence-corrected chi connectivity index (χ0v) is 13.0. The molecule has 2 bridgehead atoms. The summed E-state index contributed by atoms with van der Waals surface area (Å²) < 4.78 is 2.48. The van der Waals surface area contributed by atoms with Crippen molar-refractivity contribution in [1.29, 1.82) is 0 Å². The number of para-hydroxylation sites is 1. The average Bonchev–Trinajstić information content (AvgIpc) is 2.89. The monoisotopic (exact) mass is 265 g/mol. The maximum atomic E-state index is 2.52. The minimum atomic E-state index is -1.19. The molecule has 3 aliphatic rings. The summed E-state index contributed by atoms with van der Waals surface area (Å²) in [4.78, 5) is 0.